The molecule has 2 aromatic rings. The molecule has 160 valence electrons. The van der Waals surface area contributed by atoms with Crippen molar-refractivity contribution in [3.05, 3.63) is 48.0 Å². The standard InChI is InChI=1S/C24H32N4OS/c1-19(29)20-8-9-24-22(18-20)28(21-6-2-3-7-23(21)30-24)13-5-12-27-16-14-26(15-17-27)11-4-10-25/h2-3,6-9,18H,4-5,10-17,25H2,1H3. The first kappa shape index (κ1) is 21.4. The minimum absolute atomic E-state index is 0.120. The molecule has 5 nitrogen and oxygen atoms in total. The van der Waals surface area contributed by atoms with Crippen LogP contribution in [0.2, 0.25) is 0 Å². The predicted molar refractivity (Wildman–Crippen MR) is 125 cm³/mol. The molecule has 0 amide bonds. The van der Waals surface area contributed by atoms with E-state index in [1.807, 2.05) is 6.07 Å². The van der Waals surface area contributed by atoms with E-state index in [4.69, 9.17) is 5.73 Å². The molecule has 0 saturated carbocycles. The maximum absolute atomic E-state index is 12.0. The molecule has 4 rings (SSSR count). The average Bonchev–Trinajstić information content (AvgIpc) is 2.77. The molecule has 1 saturated heterocycles. The Labute approximate surface area is 184 Å². The van der Waals surface area contributed by atoms with Crippen LogP contribution in [-0.4, -0.2) is 67.9 Å². The second-order valence-corrected chi connectivity index (χ2v) is 9.22. The molecule has 0 spiro atoms. The van der Waals surface area contributed by atoms with E-state index in [1.165, 1.54) is 15.5 Å². The fraction of sp³-hybridized carbons (Fsp3) is 0.458. The fourth-order valence-corrected chi connectivity index (χ4v) is 5.37. The van der Waals surface area contributed by atoms with Crippen molar-refractivity contribution < 1.29 is 4.79 Å². The molecule has 2 aromatic carbocycles. The Morgan fingerprint density at radius 2 is 1.57 bits per heavy atom. The molecule has 0 bridgehead atoms. The molecule has 1 fully saturated rings. The van der Waals surface area contributed by atoms with Crippen LogP contribution in [0.15, 0.2) is 52.3 Å². The van der Waals surface area contributed by atoms with Crippen LogP contribution >= 0.6 is 11.8 Å². The zero-order valence-electron chi connectivity index (χ0n) is 17.8. The molecule has 0 aromatic heterocycles. The maximum atomic E-state index is 12.0. The lowest BCUT2D eigenvalue weighted by Gasteiger charge is -2.36. The quantitative estimate of drug-likeness (QED) is 0.650. The van der Waals surface area contributed by atoms with Gasteiger partial charge in [-0.05, 0) is 63.7 Å². The number of ketones is 1. The van der Waals surface area contributed by atoms with Gasteiger partial charge < -0.3 is 20.4 Å². The van der Waals surface area contributed by atoms with Crippen molar-refractivity contribution in [2.45, 2.75) is 29.6 Å². The second kappa shape index (κ2) is 9.96. The van der Waals surface area contributed by atoms with Crippen molar-refractivity contribution in [3.8, 4) is 0 Å². The molecular weight excluding hydrogens is 392 g/mol. The third-order valence-corrected chi connectivity index (χ3v) is 7.16. The average molecular weight is 425 g/mol. The van der Waals surface area contributed by atoms with Crippen LogP contribution < -0.4 is 10.6 Å². The first-order valence-electron chi connectivity index (χ1n) is 11.0. The van der Waals surface area contributed by atoms with Crippen LogP contribution in [0.1, 0.15) is 30.1 Å². The number of carbonyl (C=O) groups is 1. The summed E-state index contributed by atoms with van der Waals surface area (Å²) >= 11 is 1.80. The second-order valence-electron chi connectivity index (χ2n) is 8.14. The number of nitrogens with zero attached hydrogens (tertiary/aromatic N) is 3. The SMILES string of the molecule is CC(=O)c1ccc2c(c1)N(CCCN1CCN(CCCN)CC1)c1ccccc1S2. The fourth-order valence-electron chi connectivity index (χ4n) is 4.29. The Morgan fingerprint density at radius 1 is 0.900 bits per heavy atom. The minimum Gasteiger partial charge on any atom is -0.340 e. The van der Waals surface area contributed by atoms with Crippen LogP contribution in [0.5, 0.6) is 0 Å². The Balaban J connectivity index is 1.41. The van der Waals surface area contributed by atoms with Crippen molar-refractivity contribution >= 4 is 28.9 Å². The van der Waals surface area contributed by atoms with Crippen LogP contribution in [-0.2, 0) is 0 Å². The number of para-hydroxylation sites is 1. The van der Waals surface area contributed by atoms with Crippen LogP contribution in [0.4, 0.5) is 11.4 Å². The summed E-state index contributed by atoms with van der Waals surface area (Å²) in [6, 6.07) is 14.7. The van der Waals surface area contributed by atoms with E-state index in [0.717, 1.165) is 76.5 Å². The summed E-state index contributed by atoms with van der Waals surface area (Å²) in [4.78, 5) is 22.0. The minimum atomic E-state index is 0.120. The molecule has 0 radical (unpaired) electrons. The van der Waals surface area contributed by atoms with Gasteiger partial charge in [-0.1, -0.05) is 30.0 Å². The first-order chi connectivity index (χ1) is 14.7. The van der Waals surface area contributed by atoms with Gasteiger partial charge in [-0.2, -0.15) is 0 Å². The van der Waals surface area contributed by atoms with Gasteiger partial charge in [-0.3, -0.25) is 4.79 Å². The first-order valence-corrected chi connectivity index (χ1v) is 11.8. The van der Waals surface area contributed by atoms with Crippen LogP contribution in [0.25, 0.3) is 0 Å². The number of fused-ring (bicyclic) bond motifs is 2. The molecule has 2 heterocycles. The van der Waals surface area contributed by atoms with E-state index in [9.17, 15) is 4.79 Å². The van der Waals surface area contributed by atoms with Crippen molar-refractivity contribution in [1.29, 1.82) is 0 Å². The van der Waals surface area contributed by atoms with Crippen LogP contribution in [0.3, 0.4) is 0 Å². The molecule has 6 heteroatoms. The largest absolute Gasteiger partial charge is 0.340 e. The summed E-state index contributed by atoms with van der Waals surface area (Å²) in [5.41, 5.74) is 8.84. The number of anilines is 2. The molecule has 2 aliphatic heterocycles. The lowest BCUT2D eigenvalue weighted by atomic mass is 10.1. The number of benzene rings is 2. The highest BCUT2D eigenvalue weighted by Crippen LogP contribution is 2.48. The zero-order valence-corrected chi connectivity index (χ0v) is 18.7. The van der Waals surface area contributed by atoms with Gasteiger partial charge in [-0.15, -0.1) is 0 Å². The van der Waals surface area contributed by atoms with Gasteiger partial charge in [0, 0.05) is 48.1 Å². The monoisotopic (exact) mass is 424 g/mol. The molecular formula is C24H32N4OS. The topological polar surface area (TPSA) is 52.8 Å². The summed E-state index contributed by atoms with van der Waals surface area (Å²) in [5.74, 6) is 0.120. The Hall–Kier alpha value is -1.86. The van der Waals surface area contributed by atoms with Gasteiger partial charge in [0.05, 0.1) is 11.4 Å². The number of hydrogen-bond donors (Lipinski definition) is 1. The summed E-state index contributed by atoms with van der Waals surface area (Å²) in [6.07, 6.45) is 2.19. The highest BCUT2D eigenvalue weighted by atomic mass is 32.2. The number of Topliss-reactive ketones (excluding diaryl/α,β-unsaturated/α-hetero) is 1. The smallest absolute Gasteiger partial charge is 0.159 e. The number of carbonyl (C=O) groups excluding carboxylic acids is 1. The van der Waals surface area contributed by atoms with E-state index < -0.39 is 0 Å². The molecule has 2 N–H and O–H groups in total. The predicted octanol–water partition coefficient (Wildman–Crippen LogP) is 3.85. The van der Waals surface area contributed by atoms with Gasteiger partial charge in [0.1, 0.15) is 0 Å². The van der Waals surface area contributed by atoms with Crippen molar-refractivity contribution in [2.75, 3.05) is 57.3 Å². The molecule has 2 aliphatic rings. The maximum Gasteiger partial charge on any atom is 0.159 e. The van der Waals surface area contributed by atoms with Crippen LogP contribution in [0, 0.1) is 0 Å². The van der Waals surface area contributed by atoms with Gasteiger partial charge in [-0.25, -0.2) is 0 Å². The van der Waals surface area contributed by atoms with Gasteiger partial charge >= 0.3 is 0 Å². The van der Waals surface area contributed by atoms with Gasteiger partial charge in [0.25, 0.3) is 0 Å². The summed E-state index contributed by atoms with van der Waals surface area (Å²) in [7, 11) is 0. The molecule has 0 unspecified atom stereocenters. The Bertz CT molecular complexity index is 879. The lowest BCUT2D eigenvalue weighted by molar-refractivity contribution is 0.101. The normalized spacial score (nSPS) is 16.9. The molecule has 30 heavy (non-hydrogen) atoms. The molecule has 0 atom stereocenters. The Morgan fingerprint density at radius 3 is 2.27 bits per heavy atom. The Kier molecular flexibility index (Phi) is 7.10. The van der Waals surface area contributed by atoms with E-state index in [2.05, 4.69) is 51.1 Å². The van der Waals surface area contributed by atoms with Crippen molar-refractivity contribution in [1.82, 2.24) is 9.80 Å². The summed E-state index contributed by atoms with van der Waals surface area (Å²) in [5, 5.41) is 0. The van der Waals surface area contributed by atoms with E-state index >= 15 is 0 Å². The van der Waals surface area contributed by atoms with Crippen molar-refractivity contribution in [2.24, 2.45) is 5.73 Å². The number of hydrogen-bond acceptors (Lipinski definition) is 6. The van der Waals surface area contributed by atoms with E-state index in [-0.39, 0.29) is 5.78 Å². The third-order valence-electron chi connectivity index (χ3n) is 6.03. The lowest BCUT2D eigenvalue weighted by Crippen LogP contribution is -2.47. The molecule has 0 aliphatic carbocycles. The highest BCUT2D eigenvalue weighted by molar-refractivity contribution is 7.99. The van der Waals surface area contributed by atoms with E-state index in [0.29, 0.717) is 0 Å². The number of rotatable bonds is 8. The van der Waals surface area contributed by atoms with Gasteiger partial charge in [0.15, 0.2) is 5.78 Å². The van der Waals surface area contributed by atoms with Gasteiger partial charge in [0.2, 0.25) is 0 Å². The summed E-state index contributed by atoms with van der Waals surface area (Å²) in [6.45, 7) is 10.2. The van der Waals surface area contributed by atoms with Crippen molar-refractivity contribution in [3.63, 3.8) is 0 Å². The van der Waals surface area contributed by atoms with E-state index in [1.54, 1.807) is 18.7 Å². The summed E-state index contributed by atoms with van der Waals surface area (Å²) < 4.78 is 0. The number of piperazine rings is 1. The third kappa shape index (κ3) is 4.89. The zero-order chi connectivity index (χ0) is 20.9. The highest BCUT2D eigenvalue weighted by Gasteiger charge is 2.24. The number of nitrogens with two attached hydrogens (primary N) is 1.